The molecule has 1 rings (SSSR count). The molecule has 0 bridgehead atoms. The van der Waals surface area contributed by atoms with Crippen LogP contribution in [0.1, 0.15) is 36.7 Å². The molecule has 0 fully saturated rings. The van der Waals surface area contributed by atoms with Gasteiger partial charge in [0.1, 0.15) is 5.82 Å². The summed E-state index contributed by atoms with van der Waals surface area (Å²) in [5.41, 5.74) is 0. The summed E-state index contributed by atoms with van der Waals surface area (Å²) in [4.78, 5) is 14.5. The molecule has 0 aliphatic carbocycles. The molecular weight excluding hydrogens is 182 g/mol. The normalized spacial score (nSPS) is 12.8. The van der Waals surface area contributed by atoms with E-state index in [4.69, 9.17) is 5.11 Å². The summed E-state index contributed by atoms with van der Waals surface area (Å²) in [5.74, 6) is 0.0399. The lowest BCUT2D eigenvalue weighted by atomic mass is 10.1. The van der Waals surface area contributed by atoms with Gasteiger partial charge in [-0.1, -0.05) is 20.3 Å². The summed E-state index contributed by atoms with van der Waals surface area (Å²) in [5, 5.41) is 12.5. The van der Waals surface area contributed by atoms with Gasteiger partial charge in [-0.2, -0.15) is 0 Å². The molecule has 1 heterocycles. The topological polar surface area (TPSA) is 68.0 Å². The maximum absolute atomic E-state index is 10.6. The monoisotopic (exact) mass is 197 g/mol. The SMILES string of the molecule is CCC(C)Cc1nc(C(=O)O)nn1C. The Labute approximate surface area is 82.8 Å². The Morgan fingerprint density at radius 2 is 2.29 bits per heavy atom. The van der Waals surface area contributed by atoms with Crippen molar-refractivity contribution in [2.75, 3.05) is 0 Å². The number of aromatic carboxylic acids is 1. The van der Waals surface area contributed by atoms with Gasteiger partial charge in [-0.3, -0.25) is 4.68 Å². The first-order chi connectivity index (χ1) is 6.54. The van der Waals surface area contributed by atoms with Gasteiger partial charge < -0.3 is 5.11 Å². The molecule has 0 amide bonds. The van der Waals surface area contributed by atoms with Gasteiger partial charge in [0, 0.05) is 13.5 Å². The van der Waals surface area contributed by atoms with Crippen LogP contribution in [-0.4, -0.2) is 25.8 Å². The van der Waals surface area contributed by atoms with E-state index in [1.165, 1.54) is 4.68 Å². The molecule has 1 atom stereocenters. The van der Waals surface area contributed by atoms with E-state index in [9.17, 15) is 4.79 Å². The fourth-order valence-corrected chi connectivity index (χ4v) is 1.14. The van der Waals surface area contributed by atoms with Crippen LogP contribution in [0.3, 0.4) is 0 Å². The summed E-state index contributed by atoms with van der Waals surface area (Å²) < 4.78 is 1.54. The molecule has 78 valence electrons. The average Bonchev–Trinajstić information content (AvgIpc) is 2.48. The number of carboxylic acid groups (broad SMARTS) is 1. The van der Waals surface area contributed by atoms with Crippen LogP contribution in [0, 0.1) is 5.92 Å². The Morgan fingerprint density at radius 1 is 1.64 bits per heavy atom. The van der Waals surface area contributed by atoms with Crippen LogP contribution in [0.5, 0.6) is 0 Å². The first-order valence-corrected chi connectivity index (χ1v) is 4.67. The van der Waals surface area contributed by atoms with Crippen molar-refractivity contribution in [1.29, 1.82) is 0 Å². The fourth-order valence-electron chi connectivity index (χ4n) is 1.14. The molecule has 5 heteroatoms. The molecule has 1 unspecified atom stereocenters. The largest absolute Gasteiger partial charge is 0.475 e. The van der Waals surface area contributed by atoms with E-state index in [0.717, 1.165) is 18.7 Å². The second kappa shape index (κ2) is 4.21. The van der Waals surface area contributed by atoms with Crippen molar-refractivity contribution in [3.05, 3.63) is 11.6 Å². The van der Waals surface area contributed by atoms with Crippen molar-refractivity contribution >= 4 is 5.97 Å². The van der Waals surface area contributed by atoms with Crippen molar-refractivity contribution in [3.63, 3.8) is 0 Å². The predicted octanol–water partition coefficient (Wildman–Crippen LogP) is 1.10. The third-order valence-corrected chi connectivity index (χ3v) is 2.27. The molecule has 14 heavy (non-hydrogen) atoms. The molecule has 0 aliphatic rings. The van der Waals surface area contributed by atoms with Gasteiger partial charge in [-0.25, -0.2) is 9.78 Å². The number of carboxylic acids is 1. The molecule has 1 aromatic rings. The molecule has 1 aromatic heterocycles. The summed E-state index contributed by atoms with van der Waals surface area (Å²) >= 11 is 0. The van der Waals surface area contributed by atoms with Crippen molar-refractivity contribution < 1.29 is 9.90 Å². The maximum Gasteiger partial charge on any atom is 0.375 e. The number of rotatable bonds is 4. The minimum atomic E-state index is -1.07. The molecule has 0 aliphatic heterocycles. The van der Waals surface area contributed by atoms with Crippen LogP contribution in [0.4, 0.5) is 0 Å². The Bertz CT molecular complexity index is 333. The van der Waals surface area contributed by atoms with Crippen molar-refractivity contribution in [2.24, 2.45) is 13.0 Å². The van der Waals surface area contributed by atoms with Crippen LogP contribution < -0.4 is 0 Å². The minimum absolute atomic E-state index is 0.120. The van der Waals surface area contributed by atoms with E-state index >= 15 is 0 Å². The third-order valence-electron chi connectivity index (χ3n) is 2.27. The number of hydrogen-bond acceptors (Lipinski definition) is 3. The lowest BCUT2D eigenvalue weighted by Crippen LogP contribution is -2.05. The average molecular weight is 197 g/mol. The van der Waals surface area contributed by atoms with E-state index < -0.39 is 5.97 Å². The van der Waals surface area contributed by atoms with Gasteiger partial charge in [0.2, 0.25) is 0 Å². The number of aromatic nitrogens is 3. The van der Waals surface area contributed by atoms with Gasteiger partial charge in [-0.05, 0) is 5.92 Å². The van der Waals surface area contributed by atoms with E-state index in [0.29, 0.717) is 5.92 Å². The first kappa shape index (κ1) is 10.7. The quantitative estimate of drug-likeness (QED) is 0.784. The highest BCUT2D eigenvalue weighted by atomic mass is 16.4. The smallest absolute Gasteiger partial charge is 0.375 e. The van der Waals surface area contributed by atoms with Crippen molar-refractivity contribution in [1.82, 2.24) is 14.8 Å². The molecule has 0 spiro atoms. The third kappa shape index (κ3) is 2.31. The van der Waals surface area contributed by atoms with Crippen LogP contribution in [-0.2, 0) is 13.5 Å². The molecule has 0 aromatic carbocycles. The minimum Gasteiger partial charge on any atom is -0.475 e. The van der Waals surface area contributed by atoms with Gasteiger partial charge in [0.15, 0.2) is 0 Å². The van der Waals surface area contributed by atoms with Crippen LogP contribution >= 0.6 is 0 Å². The summed E-state index contributed by atoms with van der Waals surface area (Å²) in [6, 6.07) is 0. The van der Waals surface area contributed by atoms with E-state index in [1.54, 1.807) is 7.05 Å². The molecule has 0 radical (unpaired) electrons. The molecule has 0 saturated heterocycles. The first-order valence-electron chi connectivity index (χ1n) is 4.67. The summed E-state index contributed by atoms with van der Waals surface area (Å²) in [6.07, 6.45) is 1.82. The van der Waals surface area contributed by atoms with Crippen molar-refractivity contribution in [2.45, 2.75) is 26.7 Å². The van der Waals surface area contributed by atoms with Gasteiger partial charge in [0.05, 0.1) is 0 Å². The molecular formula is C9H15N3O2. The predicted molar refractivity (Wildman–Crippen MR) is 51.1 cm³/mol. The number of carbonyl (C=O) groups is 1. The zero-order valence-electron chi connectivity index (χ0n) is 8.69. The number of hydrogen-bond donors (Lipinski definition) is 1. The Balaban J connectivity index is 2.82. The Hall–Kier alpha value is -1.39. The number of nitrogens with zero attached hydrogens (tertiary/aromatic N) is 3. The van der Waals surface area contributed by atoms with E-state index in [-0.39, 0.29) is 5.82 Å². The summed E-state index contributed by atoms with van der Waals surface area (Å²) in [7, 11) is 1.72. The van der Waals surface area contributed by atoms with E-state index in [1.807, 2.05) is 0 Å². The van der Waals surface area contributed by atoms with Gasteiger partial charge in [0.25, 0.3) is 5.82 Å². The summed E-state index contributed by atoms with van der Waals surface area (Å²) in [6.45, 7) is 4.20. The molecule has 1 N–H and O–H groups in total. The lowest BCUT2D eigenvalue weighted by Gasteiger charge is -2.05. The molecule has 5 nitrogen and oxygen atoms in total. The lowest BCUT2D eigenvalue weighted by molar-refractivity contribution is 0.0683. The fraction of sp³-hybridized carbons (Fsp3) is 0.667. The van der Waals surface area contributed by atoms with Crippen molar-refractivity contribution in [3.8, 4) is 0 Å². The Morgan fingerprint density at radius 3 is 2.71 bits per heavy atom. The van der Waals surface area contributed by atoms with Crippen LogP contribution in [0.15, 0.2) is 0 Å². The zero-order valence-corrected chi connectivity index (χ0v) is 8.69. The van der Waals surface area contributed by atoms with Gasteiger partial charge >= 0.3 is 5.97 Å². The second-order valence-corrected chi connectivity index (χ2v) is 3.50. The van der Waals surface area contributed by atoms with Gasteiger partial charge in [-0.15, -0.1) is 5.10 Å². The highest BCUT2D eigenvalue weighted by Gasteiger charge is 2.14. The number of aryl methyl sites for hydroxylation is 1. The zero-order chi connectivity index (χ0) is 10.7. The Kier molecular flexibility index (Phi) is 3.22. The van der Waals surface area contributed by atoms with Crippen LogP contribution in [0.2, 0.25) is 0 Å². The highest BCUT2D eigenvalue weighted by molar-refractivity contribution is 5.82. The van der Waals surface area contributed by atoms with E-state index in [2.05, 4.69) is 23.9 Å². The highest BCUT2D eigenvalue weighted by Crippen LogP contribution is 2.09. The molecule has 0 saturated carbocycles. The maximum atomic E-state index is 10.6. The standard InChI is InChI=1S/C9H15N3O2/c1-4-6(2)5-7-10-8(9(13)14)11-12(7)3/h6H,4-5H2,1-3H3,(H,13,14). The second-order valence-electron chi connectivity index (χ2n) is 3.50. The van der Waals surface area contributed by atoms with Crippen LogP contribution in [0.25, 0.3) is 0 Å².